The van der Waals surface area contributed by atoms with E-state index in [4.69, 9.17) is 4.74 Å². The van der Waals surface area contributed by atoms with Crippen molar-refractivity contribution in [2.24, 2.45) is 0 Å². The maximum absolute atomic E-state index is 5.73. The molecule has 0 amide bonds. The molecule has 0 radical (unpaired) electrons. The molecule has 19 heavy (non-hydrogen) atoms. The molecule has 1 heterocycles. The summed E-state index contributed by atoms with van der Waals surface area (Å²) in [5.74, 6) is 0. The minimum absolute atomic E-state index is 0.279. The van der Waals surface area contributed by atoms with Crippen LogP contribution in [0.2, 0.25) is 0 Å². The van der Waals surface area contributed by atoms with Gasteiger partial charge in [-0.15, -0.1) is 0 Å². The highest BCUT2D eigenvalue weighted by Gasteiger charge is 2.11. The third kappa shape index (κ3) is 6.69. The van der Waals surface area contributed by atoms with Crippen LogP contribution in [0, 0.1) is 0 Å². The molecule has 0 fully saturated rings. The zero-order valence-electron chi connectivity index (χ0n) is 12.8. The van der Waals surface area contributed by atoms with Gasteiger partial charge in [0.2, 0.25) is 0 Å². The number of pyridine rings is 1. The topological polar surface area (TPSA) is 34.1 Å². The number of nitrogens with zero attached hydrogens (tertiary/aromatic N) is 1. The lowest BCUT2D eigenvalue weighted by molar-refractivity contribution is 0.0611. The largest absolute Gasteiger partial charge is 0.377 e. The molecular weight excluding hydrogens is 236 g/mol. The summed E-state index contributed by atoms with van der Waals surface area (Å²) in [7, 11) is 0. The lowest BCUT2D eigenvalue weighted by Crippen LogP contribution is -2.37. The molecule has 0 bridgehead atoms. The van der Waals surface area contributed by atoms with Gasteiger partial charge in [0.1, 0.15) is 0 Å². The van der Waals surface area contributed by atoms with Crippen LogP contribution in [-0.2, 0) is 17.6 Å². The second-order valence-electron chi connectivity index (χ2n) is 5.25. The number of rotatable bonds is 9. The standard InChI is InChI=1S/C16H28N2O/c1-5-9-17-16(12-19-13(3)4)10-15-8-7-14(6-2)11-18-15/h7-8,11,13,16-17H,5-6,9-10,12H2,1-4H3. The van der Waals surface area contributed by atoms with Crippen LogP contribution in [0.5, 0.6) is 0 Å². The predicted molar refractivity (Wildman–Crippen MR) is 80.5 cm³/mol. The van der Waals surface area contributed by atoms with Crippen LogP contribution in [0.25, 0.3) is 0 Å². The smallest absolute Gasteiger partial charge is 0.0626 e. The second-order valence-corrected chi connectivity index (χ2v) is 5.25. The Balaban J connectivity index is 2.53. The highest BCUT2D eigenvalue weighted by atomic mass is 16.5. The van der Waals surface area contributed by atoms with Gasteiger partial charge in [-0.1, -0.05) is 19.9 Å². The molecule has 0 aliphatic carbocycles. The van der Waals surface area contributed by atoms with Crippen molar-refractivity contribution >= 4 is 0 Å². The normalized spacial score (nSPS) is 12.9. The van der Waals surface area contributed by atoms with Gasteiger partial charge in [-0.2, -0.15) is 0 Å². The van der Waals surface area contributed by atoms with Crippen LogP contribution in [0.15, 0.2) is 18.3 Å². The summed E-state index contributed by atoms with van der Waals surface area (Å²) in [6.07, 6.45) is 5.37. The van der Waals surface area contributed by atoms with Crippen LogP contribution in [-0.4, -0.2) is 30.3 Å². The minimum atomic E-state index is 0.279. The average molecular weight is 264 g/mol. The molecular formula is C16H28N2O. The number of nitrogens with one attached hydrogen (secondary N) is 1. The lowest BCUT2D eigenvalue weighted by atomic mass is 10.1. The van der Waals surface area contributed by atoms with Crippen molar-refractivity contribution in [1.29, 1.82) is 0 Å². The third-order valence-electron chi connectivity index (χ3n) is 3.06. The molecule has 0 spiro atoms. The summed E-state index contributed by atoms with van der Waals surface area (Å²) >= 11 is 0. The SMILES string of the molecule is CCCNC(COC(C)C)Cc1ccc(CC)cn1. The van der Waals surface area contributed by atoms with Crippen molar-refractivity contribution in [1.82, 2.24) is 10.3 Å². The molecule has 1 N–H and O–H groups in total. The van der Waals surface area contributed by atoms with E-state index in [1.807, 2.05) is 6.20 Å². The van der Waals surface area contributed by atoms with Gasteiger partial charge in [0.05, 0.1) is 12.7 Å². The van der Waals surface area contributed by atoms with Crippen molar-refractivity contribution < 1.29 is 4.74 Å². The Morgan fingerprint density at radius 3 is 2.58 bits per heavy atom. The molecule has 0 aliphatic rings. The molecule has 0 aliphatic heterocycles. The molecule has 1 unspecified atom stereocenters. The van der Waals surface area contributed by atoms with Crippen molar-refractivity contribution in [3.05, 3.63) is 29.6 Å². The summed E-state index contributed by atoms with van der Waals surface area (Å²) in [5.41, 5.74) is 2.43. The lowest BCUT2D eigenvalue weighted by Gasteiger charge is -2.19. The molecule has 108 valence electrons. The van der Waals surface area contributed by atoms with Gasteiger partial charge in [-0.05, 0) is 44.9 Å². The first kappa shape index (κ1) is 16.1. The number of ether oxygens (including phenoxy) is 1. The van der Waals surface area contributed by atoms with Crippen molar-refractivity contribution in [2.45, 2.75) is 59.1 Å². The second kappa shape index (κ2) is 9.05. The fraction of sp³-hybridized carbons (Fsp3) is 0.688. The van der Waals surface area contributed by atoms with Crippen LogP contribution in [0.3, 0.4) is 0 Å². The Morgan fingerprint density at radius 2 is 2.05 bits per heavy atom. The van der Waals surface area contributed by atoms with Gasteiger partial charge in [-0.3, -0.25) is 4.98 Å². The van der Waals surface area contributed by atoms with Crippen LogP contribution >= 0.6 is 0 Å². The Bertz CT molecular complexity index is 335. The first-order chi connectivity index (χ1) is 9.15. The molecule has 3 heteroatoms. The molecule has 1 atom stereocenters. The zero-order chi connectivity index (χ0) is 14.1. The molecule has 3 nitrogen and oxygen atoms in total. The van der Waals surface area contributed by atoms with Crippen molar-refractivity contribution in [2.75, 3.05) is 13.2 Å². The van der Waals surface area contributed by atoms with Crippen LogP contribution in [0.1, 0.15) is 45.4 Å². The Hall–Kier alpha value is -0.930. The van der Waals surface area contributed by atoms with E-state index < -0.39 is 0 Å². The molecule has 1 aromatic rings. The maximum Gasteiger partial charge on any atom is 0.0626 e. The average Bonchev–Trinajstić information content (AvgIpc) is 2.42. The fourth-order valence-electron chi connectivity index (χ4n) is 1.88. The van der Waals surface area contributed by atoms with Crippen molar-refractivity contribution in [3.63, 3.8) is 0 Å². The van der Waals surface area contributed by atoms with Gasteiger partial charge < -0.3 is 10.1 Å². The summed E-state index contributed by atoms with van der Waals surface area (Å²) in [6, 6.07) is 4.65. The van der Waals surface area contributed by atoms with Crippen molar-refractivity contribution in [3.8, 4) is 0 Å². The summed E-state index contributed by atoms with van der Waals surface area (Å²) < 4.78 is 5.73. The van der Waals surface area contributed by atoms with E-state index in [-0.39, 0.29) is 6.10 Å². The minimum Gasteiger partial charge on any atom is -0.377 e. The first-order valence-corrected chi connectivity index (χ1v) is 7.44. The molecule has 1 rings (SSSR count). The third-order valence-corrected chi connectivity index (χ3v) is 3.06. The number of hydrogen-bond acceptors (Lipinski definition) is 3. The van der Waals surface area contributed by atoms with Crippen LogP contribution in [0.4, 0.5) is 0 Å². The summed E-state index contributed by atoms with van der Waals surface area (Å²) in [5, 5.41) is 3.54. The molecule has 0 saturated carbocycles. The van der Waals surface area contributed by atoms with E-state index in [1.165, 1.54) is 5.56 Å². The highest BCUT2D eigenvalue weighted by Crippen LogP contribution is 2.05. The van der Waals surface area contributed by atoms with E-state index in [0.717, 1.165) is 38.1 Å². The fourth-order valence-corrected chi connectivity index (χ4v) is 1.88. The quantitative estimate of drug-likeness (QED) is 0.744. The Morgan fingerprint density at radius 1 is 1.26 bits per heavy atom. The van der Waals surface area contributed by atoms with Gasteiger partial charge in [0, 0.05) is 24.4 Å². The predicted octanol–water partition coefficient (Wildman–Crippen LogP) is 2.98. The first-order valence-electron chi connectivity index (χ1n) is 7.44. The molecule has 1 aromatic heterocycles. The number of aryl methyl sites for hydroxylation is 1. The van der Waals surface area contributed by atoms with Crippen LogP contribution < -0.4 is 5.32 Å². The van der Waals surface area contributed by atoms with E-state index in [2.05, 4.69) is 50.1 Å². The number of aromatic nitrogens is 1. The number of hydrogen-bond donors (Lipinski definition) is 1. The van der Waals surface area contributed by atoms with Gasteiger partial charge in [0.15, 0.2) is 0 Å². The van der Waals surface area contributed by atoms with Gasteiger partial charge in [0.25, 0.3) is 0 Å². The molecule has 0 saturated heterocycles. The highest BCUT2D eigenvalue weighted by molar-refractivity contribution is 5.14. The van der Waals surface area contributed by atoms with E-state index in [0.29, 0.717) is 6.04 Å². The van der Waals surface area contributed by atoms with E-state index in [1.54, 1.807) is 0 Å². The van der Waals surface area contributed by atoms with Gasteiger partial charge >= 0.3 is 0 Å². The van der Waals surface area contributed by atoms with Gasteiger partial charge in [-0.25, -0.2) is 0 Å². The molecule has 0 aromatic carbocycles. The maximum atomic E-state index is 5.73. The summed E-state index contributed by atoms with van der Waals surface area (Å²) in [4.78, 5) is 4.53. The summed E-state index contributed by atoms with van der Waals surface area (Å²) in [6.45, 7) is 10.3. The Labute approximate surface area is 117 Å². The monoisotopic (exact) mass is 264 g/mol. The Kier molecular flexibility index (Phi) is 7.68. The van der Waals surface area contributed by atoms with E-state index >= 15 is 0 Å². The van der Waals surface area contributed by atoms with E-state index in [9.17, 15) is 0 Å². The zero-order valence-corrected chi connectivity index (χ0v) is 12.8.